The van der Waals surface area contributed by atoms with E-state index in [1.165, 1.54) is 0 Å². The van der Waals surface area contributed by atoms with Gasteiger partial charge in [-0.1, -0.05) is 32.0 Å². The number of carbonyl (C=O) groups is 2. The van der Waals surface area contributed by atoms with E-state index in [0.717, 1.165) is 10.9 Å². The molecular weight excluding hydrogens is 270 g/mol. The number of benzene rings is 1. The number of hydrogen-bond donors (Lipinski definition) is 2. The molecule has 0 spiro atoms. The highest BCUT2D eigenvalue weighted by Crippen LogP contribution is 2.12. The van der Waals surface area contributed by atoms with E-state index in [2.05, 4.69) is 10.4 Å². The van der Waals surface area contributed by atoms with Gasteiger partial charge in [0.15, 0.2) is 0 Å². The predicted molar refractivity (Wildman–Crippen MR) is 78.8 cm³/mol. The molecule has 0 saturated carbocycles. The molecule has 0 unspecified atom stereocenters. The van der Waals surface area contributed by atoms with E-state index in [1.807, 2.05) is 38.1 Å². The smallest absolute Gasteiger partial charge is 0.326 e. The van der Waals surface area contributed by atoms with Crippen LogP contribution in [0.1, 0.15) is 20.3 Å². The minimum Gasteiger partial charge on any atom is -0.480 e. The third-order valence-corrected chi connectivity index (χ3v) is 3.18. The van der Waals surface area contributed by atoms with Crippen molar-refractivity contribution in [3.63, 3.8) is 0 Å². The number of aromatic nitrogens is 2. The summed E-state index contributed by atoms with van der Waals surface area (Å²) in [6.45, 7) is 3.85. The van der Waals surface area contributed by atoms with Crippen LogP contribution in [-0.2, 0) is 16.1 Å². The van der Waals surface area contributed by atoms with Crippen LogP contribution in [0.5, 0.6) is 0 Å². The van der Waals surface area contributed by atoms with Gasteiger partial charge in [0.25, 0.3) is 0 Å². The van der Waals surface area contributed by atoms with E-state index in [0.29, 0.717) is 6.42 Å². The van der Waals surface area contributed by atoms with Crippen LogP contribution in [0.4, 0.5) is 0 Å². The molecule has 6 heteroatoms. The number of carbonyl (C=O) groups excluding carboxylic acids is 1. The zero-order valence-corrected chi connectivity index (χ0v) is 12.1. The van der Waals surface area contributed by atoms with Gasteiger partial charge in [-0.25, -0.2) is 4.79 Å². The lowest BCUT2D eigenvalue weighted by Gasteiger charge is -2.16. The molecule has 2 rings (SSSR count). The Kier molecular flexibility index (Phi) is 4.57. The van der Waals surface area contributed by atoms with Gasteiger partial charge < -0.3 is 10.4 Å². The number of hydrogen-bond acceptors (Lipinski definition) is 3. The maximum absolute atomic E-state index is 12.0. The first-order valence-electron chi connectivity index (χ1n) is 6.90. The Morgan fingerprint density at radius 2 is 2.05 bits per heavy atom. The minimum absolute atomic E-state index is 0.00931. The molecule has 1 amide bonds. The average molecular weight is 289 g/mol. The normalized spacial score (nSPS) is 12.5. The van der Waals surface area contributed by atoms with Crippen LogP contribution in [0, 0.1) is 5.92 Å². The summed E-state index contributed by atoms with van der Waals surface area (Å²) in [6.07, 6.45) is 2.09. The number of aliphatic carboxylic acids is 1. The van der Waals surface area contributed by atoms with Crippen molar-refractivity contribution in [3.8, 4) is 0 Å². The lowest BCUT2D eigenvalue weighted by atomic mass is 10.0. The van der Waals surface area contributed by atoms with Crippen LogP contribution >= 0.6 is 0 Å². The molecule has 6 nitrogen and oxygen atoms in total. The third kappa shape index (κ3) is 3.81. The zero-order valence-electron chi connectivity index (χ0n) is 12.1. The lowest BCUT2D eigenvalue weighted by Crippen LogP contribution is -2.43. The Hall–Kier alpha value is -2.37. The summed E-state index contributed by atoms with van der Waals surface area (Å²) in [5.41, 5.74) is 0.850. The van der Waals surface area contributed by atoms with Gasteiger partial charge in [-0.15, -0.1) is 0 Å². The summed E-state index contributed by atoms with van der Waals surface area (Å²) in [6, 6.07) is 6.70. The van der Waals surface area contributed by atoms with Gasteiger partial charge in [0.05, 0.1) is 11.7 Å². The van der Waals surface area contributed by atoms with E-state index in [9.17, 15) is 9.59 Å². The molecule has 0 aliphatic heterocycles. The fourth-order valence-corrected chi connectivity index (χ4v) is 2.22. The molecule has 21 heavy (non-hydrogen) atoms. The molecule has 0 aliphatic rings. The van der Waals surface area contributed by atoms with Crippen molar-refractivity contribution in [2.75, 3.05) is 0 Å². The molecule has 0 bridgehead atoms. The Morgan fingerprint density at radius 3 is 2.71 bits per heavy atom. The summed E-state index contributed by atoms with van der Waals surface area (Å²) in [5.74, 6) is -1.17. The van der Waals surface area contributed by atoms with Crippen molar-refractivity contribution in [2.45, 2.75) is 32.9 Å². The average Bonchev–Trinajstić information content (AvgIpc) is 2.81. The highest BCUT2D eigenvalue weighted by Gasteiger charge is 2.21. The summed E-state index contributed by atoms with van der Waals surface area (Å²) in [7, 11) is 0. The number of nitrogens with zero attached hydrogens (tertiary/aromatic N) is 2. The van der Waals surface area contributed by atoms with Crippen molar-refractivity contribution in [3.05, 3.63) is 30.5 Å². The summed E-state index contributed by atoms with van der Waals surface area (Å²) >= 11 is 0. The number of fused-ring (bicyclic) bond motifs is 1. The van der Waals surface area contributed by atoms with E-state index in [-0.39, 0.29) is 18.4 Å². The van der Waals surface area contributed by atoms with Crippen molar-refractivity contribution in [1.82, 2.24) is 15.1 Å². The molecule has 0 aliphatic carbocycles. The Labute approximate surface area is 122 Å². The highest BCUT2D eigenvalue weighted by molar-refractivity contribution is 5.85. The number of carboxylic acid groups (broad SMARTS) is 1. The van der Waals surface area contributed by atoms with Crippen molar-refractivity contribution >= 4 is 22.8 Å². The zero-order chi connectivity index (χ0) is 15.4. The molecule has 2 aromatic rings. The van der Waals surface area contributed by atoms with Gasteiger partial charge in [0.2, 0.25) is 5.91 Å². The molecular formula is C15H19N3O3. The van der Waals surface area contributed by atoms with Gasteiger partial charge >= 0.3 is 5.97 Å². The lowest BCUT2D eigenvalue weighted by molar-refractivity contribution is -0.142. The largest absolute Gasteiger partial charge is 0.480 e. The van der Waals surface area contributed by atoms with Gasteiger partial charge in [-0.05, 0) is 18.4 Å². The minimum atomic E-state index is -1.01. The highest BCUT2D eigenvalue weighted by atomic mass is 16.4. The first-order chi connectivity index (χ1) is 9.97. The topological polar surface area (TPSA) is 84.2 Å². The number of para-hydroxylation sites is 1. The first-order valence-corrected chi connectivity index (χ1v) is 6.90. The predicted octanol–water partition coefficient (Wildman–Crippen LogP) is 1.65. The van der Waals surface area contributed by atoms with Gasteiger partial charge in [0.1, 0.15) is 12.6 Å². The molecule has 1 atom stereocenters. The van der Waals surface area contributed by atoms with Crippen LogP contribution in [0.25, 0.3) is 10.9 Å². The van der Waals surface area contributed by atoms with E-state index in [1.54, 1.807) is 10.9 Å². The van der Waals surface area contributed by atoms with Gasteiger partial charge in [-0.2, -0.15) is 5.10 Å². The molecule has 1 aromatic heterocycles. The molecule has 1 heterocycles. The maximum Gasteiger partial charge on any atom is 0.326 e. The van der Waals surface area contributed by atoms with Crippen molar-refractivity contribution in [2.24, 2.45) is 5.92 Å². The quantitative estimate of drug-likeness (QED) is 0.847. The standard InChI is InChI=1S/C15H19N3O3/c1-10(2)7-12(15(20)21)17-14(19)9-18-13-6-4-3-5-11(13)8-16-18/h3-6,8,10,12H,7,9H2,1-2H3,(H,17,19)(H,20,21)/t12-/m0/s1. The monoisotopic (exact) mass is 289 g/mol. The maximum atomic E-state index is 12.0. The summed E-state index contributed by atoms with van der Waals surface area (Å²) in [5, 5.41) is 16.8. The van der Waals surface area contributed by atoms with Crippen molar-refractivity contribution < 1.29 is 14.7 Å². The van der Waals surface area contributed by atoms with E-state index in [4.69, 9.17) is 5.11 Å². The molecule has 2 N–H and O–H groups in total. The molecule has 0 saturated heterocycles. The number of nitrogens with one attached hydrogen (secondary N) is 1. The fourth-order valence-electron chi connectivity index (χ4n) is 2.22. The van der Waals surface area contributed by atoms with E-state index < -0.39 is 12.0 Å². The van der Waals surface area contributed by atoms with Gasteiger partial charge in [0, 0.05) is 5.39 Å². The number of amides is 1. The molecule has 112 valence electrons. The third-order valence-electron chi connectivity index (χ3n) is 3.18. The Balaban J connectivity index is 2.05. The van der Waals surface area contributed by atoms with Gasteiger partial charge in [-0.3, -0.25) is 9.48 Å². The van der Waals surface area contributed by atoms with Crippen molar-refractivity contribution in [1.29, 1.82) is 0 Å². The van der Waals surface area contributed by atoms with Crippen LogP contribution in [0.15, 0.2) is 30.5 Å². The molecule has 1 aromatic carbocycles. The number of rotatable bonds is 6. The Morgan fingerprint density at radius 1 is 1.33 bits per heavy atom. The Bertz CT molecular complexity index is 648. The van der Waals surface area contributed by atoms with Crippen LogP contribution in [0.3, 0.4) is 0 Å². The fraction of sp³-hybridized carbons (Fsp3) is 0.400. The second kappa shape index (κ2) is 6.39. The SMILES string of the molecule is CC(C)C[C@H](NC(=O)Cn1ncc2ccccc21)C(=O)O. The second-order valence-corrected chi connectivity index (χ2v) is 5.45. The summed E-state index contributed by atoms with van der Waals surface area (Å²) < 4.78 is 1.57. The molecule has 0 fully saturated rings. The summed E-state index contributed by atoms with van der Waals surface area (Å²) in [4.78, 5) is 23.2. The van der Waals surface area contributed by atoms with E-state index >= 15 is 0 Å². The van der Waals surface area contributed by atoms with Crippen LogP contribution < -0.4 is 5.32 Å². The molecule has 0 radical (unpaired) electrons. The van der Waals surface area contributed by atoms with Crippen LogP contribution in [0.2, 0.25) is 0 Å². The first kappa shape index (κ1) is 15.0. The van der Waals surface area contributed by atoms with Crippen LogP contribution in [-0.4, -0.2) is 32.8 Å². The number of carboxylic acids is 1. The second-order valence-electron chi connectivity index (χ2n) is 5.45.